The average Bonchev–Trinajstić information content (AvgIpc) is 3.07. The van der Waals surface area contributed by atoms with Gasteiger partial charge in [-0.2, -0.15) is 51.5 Å². The fourth-order valence-electron chi connectivity index (χ4n) is 4.90. The molecule has 1 heterocycles. The minimum Gasteiger partial charge on any atom is -0.505 e. The van der Waals surface area contributed by atoms with E-state index in [1.54, 1.807) is 0 Å². The average molecular weight is 927 g/mol. The highest BCUT2D eigenvalue weighted by Gasteiger charge is 2.29. The molecule has 5 rings (SSSR count). The van der Waals surface area contributed by atoms with E-state index in [0.717, 1.165) is 18.2 Å². The zero-order chi connectivity index (χ0) is 43.5. The molecule has 0 aliphatic rings. The number of azo groups is 2. The van der Waals surface area contributed by atoms with Gasteiger partial charge in [-0.1, -0.05) is 11.6 Å². The van der Waals surface area contributed by atoms with Crippen LogP contribution in [0, 0.1) is 13.0 Å². The van der Waals surface area contributed by atoms with Gasteiger partial charge in [0.05, 0.1) is 21.7 Å². The molecule has 0 amide bonds. The molecule has 31 heteroatoms. The summed E-state index contributed by atoms with van der Waals surface area (Å²) in [7, 11) is -26.5. The summed E-state index contributed by atoms with van der Waals surface area (Å²) >= 11 is 6.11. The molecule has 0 atom stereocenters. The van der Waals surface area contributed by atoms with Crippen molar-refractivity contribution < 1.29 is 74.3 Å². The first-order valence-corrected chi connectivity index (χ1v) is 22.1. The van der Waals surface area contributed by atoms with Crippen molar-refractivity contribution in [3.63, 3.8) is 0 Å². The number of benzene rings is 4. The van der Waals surface area contributed by atoms with Gasteiger partial charge in [0.15, 0.2) is 11.6 Å². The first kappa shape index (κ1) is 43.7. The number of hydrogen-bond donors (Lipinski definition) is 8. The maximum atomic E-state index is 13.9. The van der Waals surface area contributed by atoms with Crippen molar-refractivity contribution in [2.75, 3.05) is 11.1 Å². The monoisotopic (exact) mass is 926 g/mol. The van der Waals surface area contributed by atoms with E-state index < -0.39 is 126 Å². The number of rotatable bonds is 11. The Labute approximate surface area is 329 Å². The van der Waals surface area contributed by atoms with Gasteiger partial charge >= 0.3 is 6.08 Å². The van der Waals surface area contributed by atoms with Crippen LogP contribution in [0.5, 0.6) is 5.75 Å². The molecule has 0 aliphatic carbocycles. The summed E-state index contributed by atoms with van der Waals surface area (Å²) in [6, 6.07) is 4.86. The number of anilines is 3. The van der Waals surface area contributed by atoms with Crippen molar-refractivity contribution >= 4 is 113 Å². The van der Waals surface area contributed by atoms with Gasteiger partial charge in [-0.3, -0.25) is 22.8 Å². The number of fused-ring (bicyclic) bond motifs is 1. The van der Waals surface area contributed by atoms with E-state index >= 15 is 0 Å². The molecule has 58 heavy (non-hydrogen) atoms. The van der Waals surface area contributed by atoms with Gasteiger partial charge < -0.3 is 16.2 Å². The smallest absolute Gasteiger partial charge is 0.310 e. The van der Waals surface area contributed by atoms with Crippen LogP contribution in [0.15, 0.2) is 93.5 Å². The molecule has 4 aromatic carbocycles. The summed E-state index contributed by atoms with van der Waals surface area (Å²) in [4.78, 5) is 1.09. The predicted molar refractivity (Wildman–Crippen MR) is 195 cm³/mol. The van der Waals surface area contributed by atoms with Crippen LogP contribution in [0.1, 0.15) is 5.69 Å². The third-order valence-electron chi connectivity index (χ3n) is 7.38. The van der Waals surface area contributed by atoms with Gasteiger partial charge in [0, 0.05) is 5.69 Å². The molecular formula is C27H20ClFN8O16S5. The maximum Gasteiger partial charge on any atom is 0.310 e. The summed E-state index contributed by atoms with van der Waals surface area (Å²) in [5.74, 6) is -1.71. The Hall–Kier alpha value is -5.41. The van der Waals surface area contributed by atoms with Gasteiger partial charge in [-0.25, -0.2) is 4.98 Å². The van der Waals surface area contributed by atoms with E-state index in [-0.39, 0.29) is 22.2 Å². The number of phenolic OH excluding ortho intramolecular Hbond substituents is 1. The van der Waals surface area contributed by atoms with Gasteiger partial charge in [0.25, 0.3) is 50.6 Å². The molecule has 0 radical (unpaired) electrons. The molecule has 0 spiro atoms. The van der Waals surface area contributed by atoms with E-state index in [2.05, 4.69) is 35.7 Å². The minimum atomic E-state index is -5.51. The second-order valence-corrected chi connectivity index (χ2v) is 18.6. The van der Waals surface area contributed by atoms with E-state index in [1.807, 2.05) is 0 Å². The van der Waals surface area contributed by atoms with Gasteiger partial charge in [-0.05, 0) is 60.8 Å². The number of aryl methyl sites for hydroxylation is 1. The van der Waals surface area contributed by atoms with Crippen LogP contribution in [-0.4, -0.2) is 79.9 Å². The predicted octanol–water partition coefficient (Wildman–Crippen LogP) is 4.83. The first-order valence-electron chi connectivity index (χ1n) is 14.6. The highest BCUT2D eigenvalue weighted by molar-refractivity contribution is 7.87. The third-order valence-corrected chi connectivity index (χ3v) is 12.2. The number of halogens is 2. The largest absolute Gasteiger partial charge is 0.505 e. The molecule has 24 nitrogen and oxygen atoms in total. The number of nitrogens with zero attached hydrogens (tertiary/aromatic N) is 6. The van der Waals surface area contributed by atoms with Crippen molar-refractivity contribution in [2.24, 2.45) is 20.5 Å². The Morgan fingerprint density at radius 1 is 0.655 bits per heavy atom. The van der Waals surface area contributed by atoms with Gasteiger partial charge in [0.2, 0.25) is 0 Å². The lowest BCUT2D eigenvalue weighted by Crippen LogP contribution is -2.04. The zero-order valence-corrected chi connectivity index (χ0v) is 32.8. The Kier molecular flexibility index (Phi) is 11.4. The molecule has 0 fully saturated rings. The summed E-state index contributed by atoms with van der Waals surface area (Å²) in [5, 5.41) is 26.2. The Morgan fingerprint density at radius 2 is 1.14 bits per heavy atom. The summed E-state index contributed by atoms with van der Waals surface area (Å²) < 4.78 is 184. The number of phenols is 1. The van der Waals surface area contributed by atoms with E-state index in [1.165, 1.54) is 6.92 Å². The number of nitrogen functional groups attached to an aromatic ring is 1. The molecule has 0 unspecified atom stereocenters. The SMILES string of the molecule is Cc1nc(F)nc(Nc2ccc(S(=O)(=O)O)c(N=Nc3c(S(=O)(=O)O)cc4cc(S(=O)(=O)O)c(N=Nc5cc(S(=O)(=O)O)ccc5S(=O)(=O)O)c(N)c4c3O)c2)c1Cl. The number of nitrogens with one attached hydrogen (secondary N) is 1. The normalized spacial score (nSPS) is 13.2. The van der Waals surface area contributed by atoms with Crippen LogP contribution in [-0.2, 0) is 50.6 Å². The summed E-state index contributed by atoms with van der Waals surface area (Å²) in [6.07, 6.45) is -1.22. The number of hydrogen-bond acceptors (Lipinski definition) is 19. The Balaban J connectivity index is 1.78. The molecule has 0 aliphatic heterocycles. The second kappa shape index (κ2) is 15.1. The van der Waals surface area contributed by atoms with Crippen molar-refractivity contribution in [1.82, 2.24) is 9.97 Å². The van der Waals surface area contributed by atoms with E-state index in [9.17, 15) is 74.3 Å². The highest BCUT2D eigenvalue weighted by Crippen LogP contribution is 2.49. The summed E-state index contributed by atoms with van der Waals surface area (Å²) in [5.41, 5.74) is 0.619. The van der Waals surface area contributed by atoms with Crippen LogP contribution in [0.4, 0.5) is 44.3 Å². The van der Waals surface area contributed by atoms with Crippen LogP contribution in [0.25, 0.3) is 10.8 Å². The van der Waals surface area contributed by atoms with Gasteiger partial charge in [0.1, 0.15) is 47.4 Å². The lowest BCUT2D eigenvalue weighted by atomic mass is 10.1. The van der Waals surface area contributed by atoms with E-state index in [0.29, 0.717) is 30.3 Å². The molecule has 0 saturated carbocycles. The van der Waals surface area contributed by atoms with Crippen LogP contribution >= 0.6 is 11.6 Å². The molecule has 308 valence electrons. The van der Waals surface area contributed by atoms with Crippen molar-refractivity contribution in [1.29, 1.82) is 0 Å². The van der Waals surface area contributed by atoms with Crippen molar-refractivity contribution in [2.45, 2.75) is 31.4 Å². The molecule has 0 bridgehead atoms. The zero-order valence-electron chi connectivity index (χ0n) is 27.9. The minimum absolute atomic E-state index is 0.0162. The second-order valence-electron chi connectivity index (χ2n) is 11.3. The quantitative estimate of drug-likeness (QED) is 0.0380. The molecule has 5 aromatic rings. The fourth-order valence-corrected chi connectivity index (χ4v) is 8.07. The molecular weight excluding hydrogens is 907 g/mol. The maximum absolute atomic E-state index is 13.9. The summed E-state index contributed by atoms with van der Waals surface area (Å²) in [6.45, 7) is 1.33. The third kappa shape index (κ3) is 9.15. The topological polar surface area (TPSA) is 405 Å². The fraction of sp³-hybridized carbons (Fsp3) is 0.0370. The number of aromatic hydroxyl groups is 1. The lowest BCUT2D eigenvalue weighted by Gasteiger charge is -2.14. The molecule has 1 aromatic heterocycles. The standard InChI is InChI=1S/C27H20ClFN8O16S5/c1-10-21(28)26(33-27(29)31-10)32-12-2-4-16(55(42,43)44)14(8-12)34-37-24-19(58(51,52)53)7-11-6-18(57(48,49)50)23(22(30)20(11)25(24)38)36-35-15-9-13(54(39,40)41)3-5-17(15)56(45,46)47/h2-9,38H,30H2,1H3,(H,31,32,33)(H,39,40,41)(H,42,43,44)(H,45,46,47)(H,48,49,50)(H,51,52,53). The van der Waals surface area contributed by atoms with Crippen molar-refractivity contribution in [3.8, 4) is 5.75 Å². The van der Waals surface area contributed by atoms with Crippen LogP contribution in [0.3, 0.4) is 0 Å². The van der Waals surface area contributed by atoms with Crippen molar-refractivity contribution in [3.05, 3.63) is 65.3 Å². The Morgan fingerprint density at radius 3 is 1.66 bits per heavy atom. The number of nitrogens with two attached hydrogens (primary N) is 1. The van der Waals surface area contributed by atoms with Crippen LogP contribution in [0.2, 0.25) is 5.02 Å². The first-order chi connectivity index (χ1) is 26.5. The Bertz CT molecular complexity index is 3240. The molecule has 0 saturated heterocycles. The van der Waals surface area contributed by atoms with Gasteiger partial charge in [-0.15, -0.1) is 20.5 Å². The van der Waals surface area contributed by atoms with Crippen LogP contribution < -0.4 is 11.1 Å². The number of aromatic nitrogens is 2. The highest BCUT2D eigenvalue weighted by atomic mass is 35.5. The van der Waals surface area contributed by atoms with E-state index in [4.69, 9.17) is 17.3 Å². The lowest BCUT2D eigenvalue weighted by molar-refractivity contribution is 0.472. The molecule has 9 N–H and O–H groups in total.